The molecule has 0 aliphatic heterocycles. The van der Waals surface area contributed by atoms with Crippen molar-refractivity contribution in [1.29, 1.82) is 0 Å². The quantitative estimate of drug-likeness (QED) is 0.659. The van der Waals surface area contributed by atoms with Crippen LogP contribution in [-0.4, -0.2) is 23.3 Å². The number of aromatic nitrogens is 2. The molecule has 0 radical (unpaired) electrons. The summed E-state index contributed by atoms with van der Waals surface area (Å²) in [7, 11) is -4.14. The van der Waals surface area contributed by atoms with Gasteiger partial charge in [0, 0.05) is 22.9 Å². The third-order valence-electron chi connectivity index (χ3n) is 2.21. The molecule has 104 valence electrons. The van der Waals surface area contributed by atoms with Crippen LogP contribution in [0.3, 0.4) is 0 Å². The van der Waals surface area contributed by atoms with Crippen molar-refractivity contribution in [2.24, 2.45) is 0 Å². The van der Waals surface area contributed by atoms with Gasteiger partial charge in [0.05, 0.1) is 11.1 Å². The minimum Gasteiger partial charge on any atom is -0.262 e. The van der Waals surface area contributed by atoms with Gasteiger partial charge in [-0.05, 0) is 12.1 Å². The zero-order valence-electron chi connectivity index (χ0n) is 9.72. The number of anilines is 1. The predicted octanol–water partition coefficient (Wildman–Crippen LogP) is 1.95. The van der Waals surface area contributed by atoms with Gasteiger partial charge in [0.25, 0.3) is 15.7 Å². The molecule has 1 heterocycles. The number of hydrogen-bond donors (Lipinski definition) is 1. The number of nitrogens with zero attached hydrogens (tertiary/aromatic N) is 3. The Kier molecular flexibility index (Phi) is 3.95. The van der Waals surface area contributed by atoms with Crippen LogP contribution in [0.1, 0.15) is 0 Å². The Balaban J connectivity index is 2.49. The summed E-state index contributed by atoms with van der Waals surface area (Å²) in [6.45, 7) is 0. The highest BCUT2D eigenvalue weighted by Gasteiger charge is 2.26. The normalized spacial score (nSPS) is 11.1. The van der Waals surface area contributed by atoms with Crippen molar-refractivity contribution >= 4 is 37.5 Å². The molecule has 0 fully saturated rings. The number of benzene rings is 1. The Hall–Kier alpha value is -2.07. The van der Waals surface area contributed by atoms with Crippen molar-refractivity contribution in [2.75, 3.05) is 4.72 Å². The lowest BCUT2D eigenvalue weighted by Crippen LogP contribution is -2.15. The maximum atomic E-state index is 12.2. The number of rotatable bonds is 4. The fraction of sp³-hybridized carbons (Fsp3) is 0. The minimum absolute atomic E-state index is 0.0261. The largest absolute Gasteiger partial charge is 0.289 e. The maximum absolute atomic E-state index is 12.2. The monoisotopic (exact) mass is 358 g/mol. The standard InChI is InChI=1S/C10H7BrN4O4S/c11-7-1-2-8(15(16)17)9(5-7)20(18,19)14-10-6-12-3-4-13-10/h1-6H,(H,13,14). The van der Waals surface area contributed by atoms with Crippen molar-refractivity contribution in [2.45, 2.75) is 4.90 Å². The summed E-state index contributed by atoms with van der Waals surface area (Å²) >= 11 is 3.08. The fourth-order valence-corrected chi connectivity index (χ4v) is 3.10. The molecule has 0 atom stereocenters. The summed E-state index contributed by atoms with van der Waals surface area (Å²) in [5.74, 6) is -0.0261. The molecule has 0 bridgehead atoms. The number of nitrogens with one attached hydrogen (secondary N) is 1. The third-order valence-corrected chi connectivity index (χ3v) is 4.09. The van der Waals surface area contributed by atoms with E-state index in [1.165, 1.54) is 24.7 Å². The molecule has 0 amide bonds. The molecule has 1 aromatic carbocycles. The minimum atomic E-state index is -4.14. The van der Waals surface area contributed by atoms with Gasteiger partial charge in [0.1, 0.15) is 0 Å². The van der Waals surface area contributed by atoms with E-state index in [4.69, 9.17) is 0 Å². The van der Waals surface area contributed by atoms with Crippen molar-refractivity contribution < 1.29 is 13.3 Å². The Labute approximate surface area is 122 Å². The van der Waals surface area contributed by atoms with Crippen molar-refractivity contribution in [3.05, 3.63) is 51.4 Å². The summed E-state index contributed by atoms with van der Waals surface area (Å²) in [6.07, 6.45) is 3.87. The SMILES string of the molecule is O=[N+]([O-])c1ccc(Br)cc1S(=O)(=O)Nc1cnccn1. The summed E-state index contributed by atoms with van der Waals surface area (Å²) in [6, 6.07) is 3.64. The molecule has 0 saturated heterocycles. The van der Waals surface area contributed by atoms with E-state index in [1.807, 2.05) is 0 Å². The van der Waals surface area contributed by atoms with Gasteiger partial charge in [-0.25, -0.2) is 13.4 Å². The van der Waals surface area contributed by atoms with E-state index >= 15 is 0 Å². The van der Waals surface area contributed by atoms with Crippen molar-refractivity contribution in [3.8, 4) is 0 Å². The lowest BCUT2D eigenvalue weighted by molar-refractivity contribution is -0.387. The first-order valence-corrected chi connectivity index (χ1v) is 7.40. The third kappa shape index (κ3) is 3.08. The summed E-state index contributed by atoms with van der Waals surface area (Å²) in [5.41, 5.74) is -0.524. The smallest absolute Gasteiger partial charge is 0.262 e. The summed E-state index contributed by atoms with van der Waals surface area (Å²) < 4.78 is 26.9. The van der Waals surface area contributed by atoms with Crippen LogP contribution >= 0.6 is 15.9 Å². The molecule has 8 nitrogen and oxygen atoms in total. The number of nitro benzene ring substituents is 1. The van der Waals surface area contributed by atoms with Crippen LogP contribution in [0, 0.1) is 10.1 Å². The van der Waals surface area contributed by atoms with Gasteiger partial charge in [-0.15, -0.1) is 0 Å². The first kappa shape index (κ1) is 14.3. The first-order valence-electron chi connectivity index (χ1n) is 5.13. The van der Waals surface area contributed by atoms with E-state index in [2.05, 4.69) is 30.6 Å². The maximum Gasteiger partial charge on any atom is 0.289 e. The van der Waals surface area contributed by atoms with Gasteiger partial charge in [0.2, 0.25) is 0 Å². The first-order chi connectivity index (χ1) is 9.40. The topological polar surface area (TPSA) is 115 Å². The lowest BCUT2D eigenvalue weighted by Gasteiger charge is -2.07. The number of sulfonamides is 1. The Morgan fingerprint density at radius 1 is 1.30 bits per heavy atom. The summed E-state index contributed by atoms with van der Waals surface area (Å²) in [4.78, 5) is 17.1. The molecule has 10 heteroatoms. The van der Waals surface area contributed by atoms with Crippen LogP contribution in [-0.2, 0) is 10.0 Å². The van der Waals surface area contributed by atoms with Crippen LogP contribution in [0.15, 0.2) is 46.2 Å². The second kappa shape index (κ2) is 5.51. The molecule has 0 aliphatic carbocycles. The highest BCUT2D eigenvalue weighted by molar-refractivity contribution is 9.10. The molecular weight excluding hydrogens is 352 g/mol. The van der Waals surface area contributed by atoms with Gasteiger partial charge in [-0.3, -0.25) is 19.8 Å². The molecule has 0 aliphatic rings. The Morgan fingerprint density at radius 2 is 2.05 bits per heavy atom. The molecule has 20 heavy (non-hydrogen) atoms. The molecule has 2 rings (SSSR count). The van der Waals surface area contributed by atoms with Gasteiger partial charge < -0.3 is 0 Å². The van der Waals surface area contributed by atoms with Gasteiger partial charge >= 0.3 is 0 Å². The lowest BCUT2D eigenvalue weighted by atomic mass is 10.3. The number of hydrogen-bond acceptors (Lipinski definition) is 6. The second-order valence-electron chi connectivity index (χ2n) is 3.57. The number of nitro groups is 1. The molecular formula is C10H7BrN4O4S. The Bertz CT molecular complexity index is 751. The zero-order chi connectivity index (χ0) is 14.8. The van der Waals surface area contributed by atoms with E-state index in [1.54, 1.807) is 0 Å². The van der Waals surface area contributed by atoms with Gasteiger partial charge in [0.15, 0.2) is 10.7 Å². The van der Waals surface area contributed by atoms with Crippen LogP contribution in [0.5, 0.6) is 0 Å². The molecule has 1 aromatic heterocycles. The van der Waals surface area contributed by atoms with Crippen molar-refractivity contribution in [1.82, 2.24) is 9.97 Å². The molecule has 2 aromatic rings. The van der Waals surface area contributed by atoms with E-state index < -0.39 is 25.5 Å². The van der Waals surface area contributed by atoms with E-state index in [0.29, 0.717) is 4.47 Å². The van der Waals surface area contributed by atoms with E-state index in [-0.39, 0.29) is 5.82 Å². The molecule has 0 unspecified atom stereocenters. The van der Waals surface area contributed by atoms with Crippen molar-refractivity contribution in [3.63, 3.8) is 0 Å². The van der Waals surface area contributed by atoms with E-state index in [9.17, 15) is 18.5 Å². The highest BCUT2D eigenvalue weighted by atomic mass is 79.9. The second-order valence-corrected chi connectivity index (χ2v) is 6.13. The summed E-state index contributed by atoms with van der Waals surface area (Å²) in [5, 5.41) is 10.9. The number of halogens is 1. The van der Waals surface area contributed by atoms with Crippen LogP contribution in [0.4, 0.5) is 11.5 Å². The molecule has 0 saturated carbocycles. The zero-order valence-corrected chi connectivity index (χ0v) is 12.1. The molecule has 1 N–H and O–H groups in total. The van der Waals surface area contributed by atoms with Crippen LogP contribution in [0.2, 0.25) is 0 Å². The average molecular weight is 359 g/mol. The predicted molar refractivity (Wildman–Crippen MR) is 73.6 cm³/mol. The molecule has 0 spiro atoms. The van der Waals surface area contributed by atoms with Crippen LogP contribution in [0.25, 0.3) is 0 Å². The highest BCUT2D eigenvalue weighted by Crippen LogP contribution is 2.28. The Morgan fingerprint density at radius 3 is 2.65 bits per heavy atom. The van der Waals surface area contributed by atoms with Gasteiger partial charge in [-0.1, -0.05) is 15.9 Å². The van der Waals surface area contributed by atoms with Crippen LogP contribution < -0.4 is 4.72 Å². The van der Waals surface area contributed by atoms with E-state index in [0.717, 1.165) is 12.1 Å². The van der Waals surface area contributed by atoms with Gasteiger partial charge in [-0.2, -0.15) is 0 Å². The average Bonchev–Trinajstić information content (AvgIpc) is 2.39. The fourth-order valence-electron chi connectivity index (χ4n) is 1.40.